The summed E-state index contributed by atoms with van der Waals surface area (Å²) in [5.74, 6) is 0.464. The van der Waals surface area contributed by atoms with E-state index >= 15 is 0 Å². The van der Waals surface area contributed by atoms with Crippen LogP contribution in [0.1, 0.15) is 48.9 Å². The second kappa shape index (κ2) is 8.33. The summed E-state index contributed by atoms with van der Waals surface area (Å²) >= 11 is 0. The van der Waals surface area contributed by atoms with Gasteiger partial charge in [-0.25, -0.2) is 4.79 Å². The maximum absolute atomic E-state index is 12.3. The molecule has 0 bridgehead atoms. The van der Waals surface area contributed by atoms with E-state index in [1.165, 1.54) is 5.56 Å². The van der Waals surface area contributed by atoms with Crippen LogP contribution in [0, 0.1) is 6.92 Å². The van der Waals surface area contributed by atoms with E-state index < -0.39 is 18.0 Å². The Morgan fingerprint density at radius 1 is 1.08 bits per heavy atom. The van der Waals surface area contributed by atoms with E-state index in [1.54, 1.807) is 12.1 Å². The van der Waals surface area contributed by atoms with E-state index in [1.807, 2.05) is 43.3 Å². The average Bonchev–Trinajstić information content (AvgIpc) is 2.54. The van der Waals surface area contributed by atoms with Gasteiger partial charge < -0.3 is 15.8 Å². The molecule has 5 nitrogen and oxygen atoms in total. The molecule has 2 aromatic rings. The van der Waals surface area contributed by atoms with Crippen molar-refractivity contribution < 1.29 is 14.3 Å². The van der Waals surface area contributed by atoms with Crippen molar-refractivity contribution in [1.82, 2.24) is 5.32 Å². The predicted molar refractivity (Wildman–Crippen MR) is 97.4 cm³/mol. The summed E-state index contributed by atoms with van der Waals surface area (Å²) in [4.78, 5) is 23.6. The number of nitrogens with one attached hydrogen (secondary N) is 1. The Morgan fingerprint density at radius 2 is 1.72 bits per heavy atom. The smallest absolute Gasteiger partial charge is 0.313 e. The molecule has 2 aromatic carbocycles. The monoisotopic (exact) mass is 340 g/mol. The lowest BCUT2D eigenvalue weighted by Gasteiger charge is -2.19. The van der Waals surface area contributed by atoms with Crippen molar-refractivity contribution >= 4 is 12.0 Å². The van der Waals surface area contributed by atoms with Crippen LogP contribution in [0.25, 0.3) is 0 Å². The van der Waals surface area contributed by atoms with Crippen molar-refractivity contribution in [3.8, 4) is 5.75 Å². The van der Waals surface area contributed by atoms with Gasteiger partial charge in [0.1, 0.15) is 5.75 Å². The first-order valence-corrected chi connectivity index (χ1v) is 8.29. The largest absolute Gasteiger partial charge is 0.426 e. The number of benzene rings is 2. The maximum atomic E-state index is 12.3. The Labute approximate surface area is 148 Å². The van der Waals surface area contributed by atoms with Crippen molar-refractivity contribution in [2.45, 2.75) is 39.2 Å². The van der Waals surface area contributed by atoms with Crippen molar-refractivity contribution in [2.75, 3.05) is 0 Å². The summed E-state index contributed by atoms with van der Waals surface area (Å²) in [7, 11) is 0. The molecule has 1 unspecified atom stereocenters. The van der Waals surface area contributed by atoms with Crippen LogP contribution in [0.3, 0.4) is 0 Å². The second-order valence-electron chi connectivity index (χ2n) is 6.32. The fraction of sp³-hybridized carbons (Fsp3) is 0.300. The van der Waals surface area contributed by atoms with Gasteiger partial charge in [0.15, 0.2) is 0 Å². The highest BCUT2D eigenvalue weighted by Gasteiger charge is 2.20. The normalized spacial score (nSPS) is 11.8. The van der Waals surface area contributed by atoms with Gasteiger partial charge in [-0.2, -0.15) is 0 Å². The summed E-state index contributed by atoms with van der Waals surface area (Å²) in [6.07, 6.45) is -0.000273. The number of urea groups is 1. The molecule has 25 heavy (non-hydrogen) atoms. The van der Waals surface area contributed by atoms with Crippen LogP contribution in [-0.2, 0) is 4.79 Å². The van der Waals surface area contributed by atoms with Crippen LogP contribution >= 0.6 is 0 Å². The quantitative estimate of drug-likeness (QED) is 0.619. The molecule has 0 saturated heterocycles. The van der Waals surface area contributed by atoms with Gasteiger partial charge in [0.05, 0.1) is 12.5 Å². The molecular formula is C20H24N2O3. The van der Waals surface area contributed by atoms with E-state index in [4.69, 9.17) is 10.5 Å². The summed E-state index contributed by atoms with van der Waals surface area (Å²) in [5.41, 5.74) is 8.23. The number of ether oxygens (including phenoxy) is 1. The maximum Gasteiger partial charge on any atom is 0.313 e. The lowest BCUT2D eigenvalue weighted by molar-refractivity contribution is -0.134. The highest BCUT2D eigenvalue weighted by atomic mass is 16.5. The molecule has 0 aliphatic rings. The summed E-state index contributed by atoms with van der Waals surface area (Å²) < 4.78 is 5.39. The molecule has 2 rings (SSSR count). The first-order valence-electron chi connectivity index (χ1n) is 8.29. The van der Waals surface area contributed by atoms with Gasteiger partial charge in [0, 0.05) is 0 Å². The van der Waals surface area contributed by atoms with Gasteiger partial charge in [-0.05, 0) is 41.7 Å². The fourth-order valence-corrected chi connectivity index (χ4v) is 2.65. The minimum atomic E-state index is -0.678. The van der Waals surface area contributed by atoms with E-state index in [2.05, 4.69) is 19.2 Å². The van der Waals surface area contributed by atoms with Crippen LogP contribution in [0.15, 0.2) is 48.5 Å². The molecule has 2 amide bonds. The summed E-state index contributed by atoms with van der Waals surface area (Å²) in [6.45, 7) is 6.12. The van der Waals surface area contributed by atoms with E-state index in [9.17, 15) is 9.59 Å². The Kier molecular flexibility index (Phi) is 6.17. The molecule has 1 atom stereocenters. The van der Waals surface area contributed by atoms with Gasteiger partial charge in [-0.15, -0.1) is 0 Å². The van der Waals surface area contributed by atoms with Gasteiger partial charge in [-0.3, -0.25) is 4.79 Å². The van der Waals surface area contributed by atoms with Crippen LogP contribution in [0.2, 0.25) is 0 Å². The molecule has 0 saturated carbocycles. The zero-order valence-electron chi connectivity index (χ0n) is 14.8. The average molecular weight is 340 g/mol. The van der Waals surface area contributed by atoms with Crippen molar-refractivity contribution in [3.63, 3.8) is 0 Å². The number of aryl methyl sites for hydroxylation is 1. The van der Waals surface area contributed by atoms with Crippen LogP contribution in [0.5, 0.6) is 5.75 Å². The molecule has 0 spiro atoms. The van der Waals surface area contributed by atoms with Crippen LogP contribution in [-0.4, -0.2) is 12.0 Å². The Balaban J connectivity index is 2.09. The van der Waals surface area contributed by atoms with Crippen LogP contribution in [0.4, 0.5) is 4.79 Å². The first kappa shape index (κ1) is 18.5. The minimum Gasteiger partial charge on any atom is -0.426 e. The highest BCUT2D eigenvalue weighted by molar-refractivity contribution is 5.76. The first-order chi connectivity index (χ1) is 11.9. The van der Waals surface area contributed by atoms with E-state index in [0.29, 0.717) is 11.7 Å². The SMILES string of the molecule is Cc1ccccc1C(CC(=O)Oc1ccc(C(C)C)cc1)NC(N)=O. The minimum absolute atomic E-state index is 0.000273. The number of nitrogens with two attached hydrogens (primary N) is 1. The van der Waals surface area contributed by atoms with Gasteiger partial charge in [-0.1, -0.05) is 50.2 Å². The molecule has 0 aromatic heterocycles. The molecule has 3 N–H and O–H groups in total. The molecule has 132 valence electrons. The summed E-state index contributed by atoms with van der Waals surface area (Å²) in [5, 5.41) is 2.62. The molecule has 0 heterocycles. The standard InChI is InChI=1S/C20H24N2O3/c1-13(2)15-8-10-16(11-9-15)25-19(23)12-18(22-20(21)24)17-7-5-4-6-14(17)3/h4-11,13,18H,12H2,1-3H3,(H3,21,22,24). The zero-order valence-corrected chi connectivity index (χ0v) is 14.8. The number of rotatable bonds is 6. The number of carbonyl (C=O) groups excluding carboxylic acids is 2. The second-order valence-corrected chi connectivity index (χ2v) is 6.32. The van der Waals surface area contributed by atoms with Gasteiger partial charge in [0.25, 0.3) is 0 Å². The molecular weight excluding hydrogens is 316 g/mol. The van der Waals surface area contributed by atoms with Gasteiger partial charge in [0.2, 0.25) is 0 Å². The van der Waals surface area contributed by atoms with Crippen molar-refractivity contribution in [3.05, 3.63) is 65.2 Å². The lowest BCUT2D eigenvalue weighted by atomic mass is 9.99. The Bertz CT molecular complexity index is 739. The lowest BCUT2D eigenvalue weighted by Crippen LogP contribution is -2.35. The number of hydrogen-bond acceptors (Lipinski definition) is 3. The van der Waals surface area contributed by atoms with Crippen molar-refractivity contribution in [2.24, 2.45) is 5.73 Å². The Hall–Kier alpha value is -2.82. The Morgan fingerprint density at radius 3 is 2.28 bits per heavy atom. The highest BCUT2D eigenvalue weighted by Crippen LogP contribution is 2.23. The molecule has 5 heteroatoms. The number of amides is 2. The third-order valence-corrected chi connectivity index (χ3v) is 4.03. The van der Waals surface area contributed by atoms with E-state index in [0.717, 1.165) is 11.1 Å². The third kappa shape index (κ3) is 5.35. The predicted octanol–water partition coefficient (Wildman–Crippen LogP) is 3.82. The number of esters is 1. The number of carbonyl (C=O) groups is 2. The number of primary amides is 1. The zero-order chi connectivity index (χ0) is 18.4. The van der Waals surface area contributed by atoms with Crippen LogP contribution < -0.4 is 15.8 Å². The topological polar surface area (TPSA) is 81.4 Å². The molecule has 0 fully saturated rings. The van der Waals surface area contributed by atoms with E-state index in [-0.39, 0.29) is 6.42 Å². The number of hydrogen-bond donors (Lipinski definition) is 2. The van der Waals surface area contributed by atoms with Gasteiger partial charge >= 0.3 is 12.0 Å². The summed E-state index contributed by atoms with van der Waals surface area (Å²) in [6, 6.07) is 13.8. The fourth-order valence-electron chi connectivity index (χ4n) is 2.65. The molecule has 0 radical (unpaired) electrons. The van der Waals surface area contributed by atoms with Crippen molar-refractivity contribution in [1.29, 1.82) is 0 Å². The molecule has 0 aliphatic carbocycles. The third-order valence-electron chi connectivity index (χ3n) is 4.03. The molecule has 0 aliphatic heterocycles.